The van der Waals surface area contributed by atoms with Crippen molar-refractivity contribution in [1.82, 2.24) is 4.98 Å². The number of hydrogen-bond donors (Lipinski definition) is 1. The first-order valence-corrected chi connectivity index (χ1v) is 10.6. The topological polar surface area (TPSA) is 79.7 Å². The third kappa shape index (κ3) is 3.11. The molecule has 2 aliphatic rings. The maximum Gasteiger partial charge on any atom is 0.301 e. The van der Waals surface area contributed by atoms with Crippen LogP contribution in [0, 0.1) is 5.82 Å². The molecule has 6 nitrogen and oxygen atoms in total. The fourth-order valence-corrected chi connectivity index (χ4v) is 4.75. The van der Waals surface area contributed by atoms with Crippen LogP contribution in [0.3, 0.4) is 0 Å². The molecule has 2 atom stereocenters. The second-order valence-electron chi connectivity index (χ2n) is 7.46. The Labute approximate surface area is 181 Å². The summed E-state index contributed by atoms with van der Waals surface area (Å²) in [6.07, 6.45) is 2.18. The summed E-state index contributed by atoms with van der Waals surface area (Å²) in [6, 6.07) is 9.86. The van der Waals surface area contributed by atoms with Crippen LogP contribution in [0.2, 0.25) is 0 Å². The summed E-state index contributed by atoms with van der Waals surface area (Å²) in [5, 5.41) is 13.1. The predicted molar refractivity (Wildman–Crippen MR) is 114 cm³/mol. The van der Waals surface area contributed by atoms with Crippen molar-refractivity contribution in [2.24, 2.45) is 0 Å². The number of fused-ring (bicyclic) bond motifs is 1. The fraction of sp³-hybridized carbons (Fsp3) is 0.174. The van der Waals surface area contributed by atoms with Gasteiger partial charge in [-0.3, -0.25) is 14.5 Å². The molecular weight excluding hydrogens is 419 g/mol. The highest BCUT2D eigenvalue weighted by Gasteiger charge is 2.48. The number of aliphatic hydroxyl groups is 1. The molecule has 8 heteroatoms. The van der Waals surface area contributed by atoms with Gasteiger partial charge in [0.15, 0.2) is 5.13 Å². The molecule has 0 unspecified atom stereocenters. The Morgan fingerprint density at radius 3 is 2.81 bits per heavy atom. The van der Waals surface area contributed by atoms with Gasteiger partial charge in [-0.15, -0.1) is 11.3 Å². The number of benzene rings is 2. The Morgan fingerprint density at radius 2 is 2.06 bits per heavy atom. The lowest BCUT2D eigenvalue weighted by atomic mass is 9.94. The standard InChI is InChI=1S/C23H17FN2O4S/c1-12-10-14-11-13(6-7-17(14)30-12)20(27)18-19(15-4-2-3-5-16(15)24)26(22(29)21(18)28)23-25-8-9-31-23/h2-9,11-12,19,27H,10H2,1H3/b20-18+/t12-,19+/m1/s1. The van der Waals surface area contributed by atoms with Gasteiger partial charge in [0.25, 0.3) is 5.78 Å². The summed E-state index contributed by atoms with van der Waals surface area (Å²) < 4.78 is 20.5. The highest BCUT2D eigenvalue weighted by molar-refractivity contribution is 7.14. The number of carbonyl (C=O) groups is 2. The highest BCUT2D eigenvalue weighted by atomic mass is 32.1. The molecular formula is C23H17FN2O4S. The van der Waals surface area contributed by atoms with Gasteiger partial charge in [0.1, 0.15) is 29.5 Å². The number of carbonyl (C=O) groups excluding carboxylic acids is 2. The van der Waals surface area contributed by atoms with Gasteiger partial charge in [-0.2, -0.15) is 0 Å². The Balaban J connectivity index is 1.70. The molecule has 1 saturated heterocycles. The third-order valence-electron chi connectivity index (χ3n) is 5.44. The molecule has 0 bridgehead atoms. The lowest BCUT2D eigenvalue weighted by Crippen LogP contribution is -2.29. The summed E-state index contributed by atoms with van der Waals surface area (Å²) in [7, 11) is 0. The highest BCUT2D eigenvalue weighted by Crippen LogP contribution is 2.44. The van der Waals surface area contributed by atoms with E-state index in [9.17, 15) is 19.1 Å². The molecule has 1 amide bonds. The maximum absolute atomic E-state index is 14.8. The van der Waals surface area contributed by atoms with Gasteiger partial charge in [-0.1, -0.05) is 18.2 Å². The molecule has 31 heavy (non-hydrogen) atoms. The van der Waals surface area contributed by atoms with Gasteiger partial charge >= 0.3 is 5.91 Å². The molecule has 2 aromatic carbocycles. The number of amides is 1. The molecule has 0 saturated carbocycles. The zero-order valence-corrected chi connectivity index (χ0v) is 17.2. The van der Waals surface area contributed by atoms with Gasteiger partial charge in [-0.25, -0.2) is 9.37 Å². The number of nitrogens with zero attached hydrogens (tertiary/aromatic N) is 2. The van der Waals surface area contributed by atoms with Crippen molar-refractivity contribution < 1.29 is 23.8 Å². The molecule has 156 valence electrons. The minimum absolute atomic E-state index is 0.0151. The van der Waals surface area contributed by atoms with E-state index in [0.29, 0.717) is 12.0 Å². The number of hydrogen-bond acceptors (Lipinski definition) is 6. The summed E-state index contributed by atoms with van der Waals surface area (Å²) in [4.78, 5) is 31.2. The van der Waals surface area contributed by atoms with E-state index in [0.717, 1.165) is 27.5 Å². The van der Waals surface area contributed by atoms with E-state index in [1.807, 2.05) is 6.92 Å². The van der Waals surface area contributed by atoms with E-state index in [2.05, 4.69) is 4.98 Å². The molecule has 3 aromatic rings. The number of anilines is 1. The molecule has 0 radical (unpaired) electrons. The zero-order chi connectivity index (χ0) is 21.7. The number of Topliss-reactive ketones (excluding diaryl/α,β-unsaturated/α-hetero) is 1. The van der Waals surface area contributed by atoms with Crippen LogP contribution < -0.4 is 9.64 Å². The van der Waals surface area contributed by atoms with E-state index in [1.165, 1.54) is 24.4 Å². The molecule has 3 heterocycles. The van der Waals surface area contributed by atoms with Crippen LogP contribution in [-0.4, -0.2) is 27.9 Å². The van der Waals surface area contributed by atoms with Crippen LogP contribution in [0.15, 0.2) is 59.6 Å². The predicted octanol–water partition coefficient (Wildman–Crippen LogP) is 4.23. The molecule has 2 aliphatic heterocycles. The van der Waals surface area contributed by atoms with Gasteiger partial charge < -0.3 is 9.84 Å². The van der Waals surface area contributed by atoms with E-state index >= 15 is 0 Å². The van der Waals surface area contributed by atoms with Crippen molar-refractivity contribution in [3.8, 4) is 5.75 Å². The zero-order valence-electron chi connectivity index (χ0n) is 16.4. The number of thiazole rings is 1. The van der Waals surface area contributed by atoms with Crippen molar-refractivity contribution in [3.05, 3.63) is 82.1 Å². The van der Waals surface area contributed by atoms with Crippen molar-refractivity contribution in [1.29, 1.82) is 0 Å². The van der Waals surface area contributed by atoms with Gasteiger partial charge in [0, 0.05) is 29.1 Å². The monoisotopic (exact) mass is 436 g/mol. The van der Waals surface area contributed by atoms with Gasteiger partial charge in [-0.05, 0) is 36.8 Å². The average molecular weight is 436 g/mol. The maximum atomic E-state index is 14.8. The number of halogens is 1. The molecule has 5 rings (SSSR count). The number of ether oxygens (including phenoxy) is 1. The van der Waals surface area contributed by atoms with Crippen LogP contribution in [0.4, 0.5) is 9.52 Å². The van der Waals surface area contributed by atoms with Crippen LogP contribution in [0.25, 0.3) is 5.76 Å². The summed E-state index contributed by atoms with van der Waals surface area (Å²) >= 11 is 1.15. The second kappa shape index (κ2) is 7.31. The van der Waals surface area contributed by atoms with Gasteiger partial charge in [0.2, 0.25) is 0 Å². The van der Waals surface area contributed by atoms with Crippen LogP contribution in [-0.2, 0) is 16.0 Å². The van der Waals surface area contributed by atoms with Crippen molar-refractivity contribution in [2.45, 2.75) is 25.5 Å². The van der Waals surface area contributed by atoms with E-state index < -0.39 is 23.5 Å². The number of rotatable bonds is 3. The fourth-order valence-electron chi connectivity index (χ4n) is 4.08. The largest absolute Gasteiger partial charge is 0.507 e. The van der Waals surface area contributed by atoms with Crippen LogP contribution in [0.5, 0.6) is 5.75 Å². The van der Waals surface area contributed by atoms with E-state index in [1.54, 1.807) is 29.6 Å². The normalized spacial score (nSPS) is 21.9. The summed E-state index contributed by atoms with van der Waals surface area (Å²) in [5.74, 6) is -1.96. The van der Waals surface area contributed by atoms with Crippen molar-refractivity contribution in [3.63, 3.8) is 0 Å². The summed E-state index contributed by atoms with van der Waals surface area (Å²) in [5.41, 5.74) is 1.21. The lowest BCUT2D eigenvalue weighted by Gasteiger charge is -2.23. The third-order valence-corrected chi connectivity index (χ3v) is 6.21. The molecule has 1 aromatic heterocycles. The van der Waals surface area contributed by atoms with E-state index in [4.69, 9.17) is 4.74 Å². The van der Waals surface area contributed by atoms with Gasteiger partial charge in [0.05, 0.1) is 5.57 Å². The quantitative estimate of drug-likeness (QED) is 0.378. The molecule has 0 aliphatic carbocycles. The SMILES string of the molecule is C[C@@H]1Cc2cc(/C(O)=C3\C(=O)C(=O)N(c4nccs4)[C@H]3c3ccccc3F)ccc2O1. The van der Waals surface area contributed by atoms with Crippen LogP contribution in [0.1, 0.15) is 29.7 Å². The molecule has 1 N–H and O–H groups in total. The van der Waals surface area contributed by atoms with Crippen molar-refractivity contribution in [2.75, 3.05) is 4.90 Å². The first-order valence-electron chi connectivity index (χ1n) is 9.70. The minimum Gasteiger partial charge on any atom is -0.507 e. The minimum atomic E-state index is -1.13. The van der Waals surface area contributed by atoms with Crippen LogP contribution >= 0.6 is 11.3 Å². The first kappa shape index (κ1) is 19.4. The summed E-state index contributed by atoms with van der Waals surface area (Å²) in [6.45, 7) is 1.94. The Kier molecular flexibility index (Phi) is 4.59. The first-order chi connectivity index (χ1) is 15.0. The Hall–Kier alpha value is -3.52. The molecule has 0 spiro atoms. The van der Waals surface area contributed by atoms with E-state index in [-0.39, 0.29) is 28.1 Å². The second-order valence-corrected chi connectivity index (χ2v) is 8.33. The lowest BCUT2D eigenvalue weighted by molar-refractivity contribution is -0.132. The molecule has 1 fully saturated rings. The number of ketones is 1. The van der Waals surface area contributed by atoms with Crippen molar-refractivity contribution >= 4 is 33.9 Å². The Bertz CT molecular complexity index is 1240. The average Bonchev–Trinajstić information content (AvgIpc) is 3.46. The number of aromatic nitrogens is 1. The Morgan fingerprint density at radius 1 is 1.26 bits per heavy atom. The number of aliphatic hydroxyl groups excluding tert-OH is 1. The smallest absolute Gasteiger partial charge is 0.301 e.